The van der Waals surface area contributed by atoms with E-state index in [0.29, 0.717) is 6.54 Å². The van der Waals surface area contributed by atoms with Gasteiger partial charge in [0.05, 0.1) is 18.7 Å². The number of aliphatic hydroxyl groups excluding tert-OH is 2. The van der Waals surface area contributed by atoms with Crippen molar-refractivity contribution in [1.82, 2.24) is 9.80 Å². The van der Waals surface area contributed by atoms with Gasteiger partial charge in [-0.05, 0) is 37.5 Å². The Balaban J connectivity index is 1.84. The summed E-state index contributed by atoms with van der Waals surface area (Å²) >= 11 is 0. The van der Waals surface area contributed by atoms with E-state index >= 15 is 0 Å². The van der Waals surface area contributed by atoms with Crippen LogP contribution in [0.1, 0.15) is 43.7 Å². The fraction of sp³-hybridized carbons (Fsp3) is 0.545. The molecule has 1 heterocycles. The van der Waals surface area contributed by atoms with E-state index in [4.69, 9.17) is 0 Å². The molecule has 6 nitrogen and oxygen atoms in total. The highest BCUT2D eigenvalue weighted by Crippen LogP contribution is 2.44. The molecular formula is C22H28N2O4. The van der Waals surface area contributed by atoms with Gasteiger partial charge in [-0.15, -0.1) is 0 Å². The van der Waals surface area contributed by atoms with Gasteiger partial charge in [0.25, 0.3) is 0 Å². The lowest BCUT2D eigenvalue weighted by Gasteiger charge is -2.56. The van der Waals surface area contributed by atoms with Gasteiger partial charge in [-0.2, -0.15) is 0 Å². The van der Waals surface area contributed by atoms with E-state index in [2.05, 4.69) is 11.8 Å². The van der Waals surface area contributed by atoms with E-state index in [0.717, 1.165) is 24.0 Å². The third-order valence-electron chi connectivity index (χ3n) is 5.63. The van der Waals surface area contributed by atoms with Crippen LogP contribution in [0.2, 0.25) is 0 Å². The number of amides is 2. The number of rotatable bonds is 5. The molecule has 1 aliphatic heterocycles. The fourth-order valence-corrected chi connectivity index (χ4v) is 3.85. The van der Waals surface area contributed by atoms with E-state index in [-0.39, 0.29) is 42.3 Å². The number of likely N-dealkylation sites (tertiary alicyclic amines) is 1. The molecule has 28 heavy (non-hydrogen) atoms. The van der Waals surface area contributed by atoms with Crippen molar-refractivity contribution in [3.63, 3.8) is 0 Å². The Bertz CT molecular complexity index is 789. The molecule has 1 saturated heterocycles. The molecule has 2 N–H and O–H groups in total. The Morgan fingerprint density at radius 1 is 1.25 bits per heavy atom. The van der Waals surface area contributed by atoms with Crippen molar-refractivity contribution < 1.29 is 19.8 Å². The maximum Gasteiger partial charge on any atom is 0.226 e. The van der Waals surface area contributed by atoms with Crippen LogP contribution in [0.3, 0.4) is 0 Å². The zero-order valence-corrected chi connectivity index (χ0v) is 16.6. The van der Waals surface area contributed by atoms with E-state index in [9.17, 15) is 19.8 Å². The van der Waals surface area contributed by atoms with E-state index in [1.165, 1.54) is 6.92 Å². The lowest BCUT2D eigenvalue weighted by Crippen LogP contribution is -2.68. The number of benzene rings is 1. The minimum absolute atomic E-state index is 0.0340. The molecule has 4 atom stereocenters. The Labute approximate surface area is 166 Å². The normalized spacial score (nSPS) is 24.6. The van der Waals surface area contributed by atoms with Gasteiger partial charge < -0.3 is 20.0 Å². The molecule has 0 spiro atoms. The maximum absolute atomic E-state index is 12.8. The number of aliphatic hydroxyl groups is 2. The highest BCUT2D eigenvalue weighted by atomic mass is 16.3. The van der Waals surface area contributed by atoms with Crippen molar-refractivity contribution in [2.45, 2.75) is 50.8 Å². The topological polar surface area (TPSA) is 81.1 Å². The smallest absolute Gasteiger partial charge is 0.226 e. The first-order valence-corrected chi connectivity index (χ1v) is 9.77. The van der Waals surface area contributed by atoms with Crippen LogP contribution in [0, 0.1) is 17.8 Å². The molecule has 150 valence electrons. The van der Waals surface area contributed by atoms with Crippen LogP contribution in [0.25, 0.3) is 0 Å². The van der Waals surface area contributed by atoms with Crippen molar-refractivity contribution in [1.29, 1.82) is 0 Å². The molecule has 0 bridgehead atoms. The predicted octanol–water partition coefficient (Wildman–Crippen LogP) is 0.962. The minimum Gasteiger partial charge on any atom is -0.394 e. The Kier molecular flexibility index (Phi) is 6.07. The fourth-order valence-electron chi connectivity index (χ4n) is 3.85. The Hall–Kier alpha value is -2.36. The van der Waals surface area contributed by atoms with Crippen LogP contribution in [0.15, 0.2) is 24.3 Å². The van der Waals surface area contributed by atoms with Gasteiger partial charge in [-0.25, -0.2) is 0 Å². The van der Waals surface area contributed by atoms with Crippen LogP contribution in [-0.4, -0.2) is 70.2 Å². The van der Waals surface area contributed by atoms with Gasteiger partial charge in [0.15, 0.2) is 0 Å². The van der Waals surface area contributed by atoms with Gasteiger partial charge in [0.1, 0.15) is 6.10 Å². The Morgan fingerprint density at radius 3 is 2.39 bits per heavy atom. The molecule has 1 saturated carbocycles. The second-order valence-electron chi connectivity index (χ2n) is 7.83. The zero-order valence-electron chi connectivity index (χ0n) is 16.6. The minimum atomic E-state index is -0.682. The number of carbonyl (C=O) groups is 2. The average molecular weight is 384 g/mol. The van der Waals surface area contributed by atoms with Crippen LogP contribution >= 0.6 is 0 Å². The summed E-state index contributed by atoms with van der Waals surface area (Å²) < 4.78 is 0. The summed E-state index contributed by atoms with van der Waals surface area (Å²) in [5.41, 5.74) is 1.82. The van der Waals surface area contributed by atoms with Crippen LogP contribution in [-0.2, 0) is 9.59 Å². The molecule has 1 aromatic rings. The summed E-state index contributed by atoms with van der Waals surface area (Å²) in [6.45, 7) is 3.47. The first-order chi connectivity index (χ1) is 13.3. The molecule has 1 aliphatic carbocycles. The van der Waals surface area contributed by atoms with Crippen molar-refractivity contribution in [2.75, 3.05) is 20.2 Å². The highest BCUT2D eigenvalue weighted by molar-refractivity contribution is 5.83. The summed E-state index contributed by atoms with van der Waals surface area (Å²) in [5, 5.41) is 19.3. The van der Waals surface area contributed by atoms with Crippen molar-refractivity contribution in [3.05, 3.63) is 35.4 Å². The first-order valence-electron chi connectivity index (χ1n) is 9.77. The molecule has 2 aliphatic rings. The molecule has 3 rings (SSSR count). The zero-order chi connectivity index (χ0) is 20.4. The monoisotopic (exact) mass is 384 g/mol. The summed E-state index contributed by atoms with van der Waals surface area (Å²) in [7, 11) is 1.74. The first kappa shape index (κ1) is 20.4. The summed E-state index contributed by atoms with van der Waals surface area (Å²) in [6, 6.07) is 7.27. The summed E-state index contributed by atoms with van der Waals surface area (Å²) in [6.07, 6.45) is 1.13. The number of hydrogen-bond acceptors (Lipinski definition) is 4. The molecule has 2 amide bonds. The van der Waals surface area contributed by atoms with E-state index < -0.39 is 6.10 Å². The van der Waals surface area contributed by atoms with E-state index in [1.807, 2.05) is 24.3 Å². The molecule has 1 aromatic carbocycles. The lowest BCUT2D eigenvalue weighted by atomic mass is 9.74. The second-order valence-corrected chi connectivity index (χ2v) is 7.83. The van der Waals surface area contributed by atoms with E-state index in [1.54, 1.807) is 23.8 Å². The molecule has 0 radical (unpaired) electrons. The van der Waals surface area contributed by atoms with Crippen molar-refractivity contribution in [2.24, 2.45) is 5.92 Å². The predicted molar refractivity (Wildman–Crippen MR) is 105 cm³/mol. The quantitative estimate of drug-likeness (QED) is 0.741. The molecule has 2 fully saturated rings. The Morgan fingerprint density at radius 2 is 1.89 bits per heavy atom. The lowest BCUT2D eigenvalue weighted by molar-refractivity contribution is -0.155. The number of carbonyl (C=O) groups excluding carboxylic acids is 2. The standard InChI is InChI=1S/C22H28N2O4/c1-14(26)4-5-16-6-8-17(9-7-16)21-19(12-23(3)15(2)27)24(20(21)13-25)22(28)18-10-11-18/h6-9,14,18-21,25-26H,10-13H2,1-3H3/t14-,19-,20-,21-/m1/s1. The number of hydrogen-bond donors (Lipinski definition) is 2. The van der Waals surface area contributed by atoms with Gasteiger partial charge in [0.2, 0.25) is 11.8 Å². The summed E-state index contributed by atoms with van der Waals surface area (Å²) in [4.78, 5) is 27.9. The summed E-state index contributed by atoms with van der Waals surface area (Å²) in [5.74, 6) is 5.71. The molecule has 6 heteroatoms. The number of likely N-dealkylation sites (N-methyl/N-ethyl adjacent to an activating group) is 1. The maximum atomic E-state index is 12.8. The largest absolute Gasteiger partial charge is 0.394 e. The molecule has 0 unspecified atom stereocenters. The molecular weight excluding hydrogens is 356 g/mol. The van der Waals surface area contributed by atoms with Gasteiger partial charge in [0, 0.05) is 37.9 Å². The highest BCUT2D eigenvalue weighted by Gasteiger charge is 2.53. The van der Waals surface area contributed by atoms with Crippen LogP contribution < -0.4 is 0 Å². The van der Waals surface area contributed by atoms with Gasteiger partial charge >= 0.3 is 0 Å². The van der Waals surface area contributed by atoms with Crippen LogP contribution in [0.5, 0.6) is 0 Å². The SMILES string of the molecule is CC(=O)N(C)C[C@@H]1[C@@H](c2ccc(C#C[C@@H](C)O)cc2)[C@@H](CO)N1C(=O)C1CC1. The molecule has 0 aromatic heterocycles. The second kappa shape index (κ2) is 8.34. The van der Waals surface area contributed by atoms with Crippen molar-refractivity contribution >= 4 is 11.8 Å². The average Bonchev–Trinajstić information content (AvgIpc) is 3.49. The van der Waals surface area contributed by atoms with Gasteiger partial charge in [-0.3, -0.25) is 9.59 Å². The van der Waals surface area contributed by atoms with Crippen LogP contribution in [0.4, 0.5) is 0 Å². The van der Waals surface area contributed by atoms with Crippen molar-refractivity contribution in [3.8, 4) is 11.8 Å². The third-order valence-corrected chi connectivity index (χ3v) is 5.63. The third kappa shape index (κ3) is 4.21. The van der Waals surface area contributed by atoms with Gasteiger partial charge in [-0.1, -0.05) is 24.0 Å². The number of nitrogens with zero attached hydrogens (tertiary/aromatic N) is 2.